The molecular weight excluding hydrogens is 209 g/mol. The summed E-state index contributed by atoms with van der Waals surface area (Å²) in [6.45, 7) is 5.78. The van der Waals surface area contributed by atoms with Gasteiger partial charge in [0.05, 0.1) is 5.75 Å². The van der Waals surface area contributed by atoms with Crippen LogP contribution in [-0.2, 0) is 0 Å². The highest BCUT2D eigenvalue weighted by Gasteiger charge is 2.27. The summed E-state index contributed by atoms with van der Waals surface area (Å²) in [6.07, 6.45) is -4.02. The molecule has 5 heteroatoms. The number of thioether (sulfide) groups is 1. The van der Waals surface area contributed by atoms with Gasteiger partial charge in [0.1, 0.15) is 0 Å². The van der Waals surface area contributed by atoms with Crippen LogP contribution in [0.4, 0.5) is 13.2 Å². The van der Waals surface area contributed by atoms with E-state index in [2.05, 4.69) is 0 Å². The predicted molar refractivity (Wildman–Crippen MR) is 50.1 cm³/mol. The maximum absolute atomic E-state index is 11.6. The summed E-state index contributed by atoms with van der Waals surface area (Å²) >= 11 is 0.942. The van der Waals surface area contributed by atoms with E-state index in [4.69, 9.17) is 0 Å². The van der Waals surface area contributed by atoms with Crippen molar-refractivity contribution in [3.05, 3.63) is 0 Å². The molecule has 0 fully saturated rings. The summed E-state index contributed by atoms with van der Waals surface area (Å²) in [5, 5.41) is 0. The molecule has 0 aromatic heterocycles. The Bertz CT molecular complexity index is 103. The molecule has 0 rings (SSSR count). The molecule has 0 amide bonds. The van der Waals surface area contributed by atoms with Gasteiger partial charge in [-0.1, -0.05) is 20.8 Å². The van der Waals surface area contributed by atoms with Crippen molar-refractivity contribution in [1.29, 1.82) is 0 Å². The lowest BCUT2D eigenvalue weighted by Crippen LogP contribution is -2.15. The minimum atomic E-state index is -4.02. The molecule has 76 valence electrons. The maximum atomic E-state index is 11.6. The summed E-state index contributed by atoms with van der Waals surface area (Å²) in [5.41, 5.74) is -0.0179. The minimum absolute atomic E-state index is 0. The van der Waals surface area contributed by atoms with Crippen molar-refractivity contribution >= 4 is 24.2 Å². The van der Waals surface area contributed by atoms with Gasteiger partial charge in [-0.05, 0) is 11.2 Å². The predicted octanol–water partition coefficient (Wildman–Crippen LogP) is 3.75. The average Bonchev–Trinajstić information content (AvgIpc) is 1.55. The highest BCUT2D eigenvalue weighted by Crippen LogP contribution is 2.26. The van der Waals surface area contributed by atoms with E-state index in [1.54, 1.807) is 0 Å². The Kier molecular flexibility index (Phi) is 6.50. The fourth-order valence-electron chi connectivity index (χ4n) is 0.473. The topological polar surface area (TPSA) is 0 Å². The van der Waals surface area contributed by atoms with E-state index in [1.165, 1.54) is 0 Å². The van der Waals surface area contributed by atoms with Crippen LogP contribution in [0.5, 0.6) is 0 Å². The molecule has 0 unspecified atom stereocenters. The summed E-state index contributed by atoms with van der Waals surface area (Å²) in [5.74, 6) is -0.184. The monoisotopic (exact) mass is 222 g/mol. The molecule has 0 aliphatic carbocycles. The van der Waals surface area contributed by atoms with Gasteiger partial charge in [0.25, 0.3) is 0 Å². The molecule has 0 aliphatic rings. The number of hydrogen-bond acceptors (Lipinski definition) is 1. The highest BCUT2D eigenvalue weighted by molar-refractivity contribution is 7.99. The Labute approximate surface area is 81.7 Å². The second-order valence-corrected chi connectivity index (χ2v) is 4.65. The lowest BCUT2D eigenvalue weighted by molar-refractivity contribution is -0.105. The van der Waals surface area contributed by atoms with Crippen molar-refractivity contribution in [2.24, 2.45) is 5.41 Å². The van der Waals surface area contributed by atoms with Crippen molar-refractivity contribution in [3.63, 3.8) is 0 Å². The Balaban J connectivity index is 0. The van der Waals surface area contributed by atoms with Crippen LogP contribution < -0.4 is 0 Å². The van der Waals surface area contributed by atoms with Crippen LogP contribution in [0, 0.1) is 5.41 Å². The number of hydrogen-bond donors (Lipinski definition) is 0. The lowest BCUT2D eigenvalue weighted by Gasteiger charge is -2.17. The molecule has 12 heavy (non-hydrogen) atoms. The van der Waals surface area contributed by atoms with Crippen LogP contribution in [0.1, 0.15) is 20.8 Å². The van der Waals surface area contributed by atoms with E-state index in [0.717, 1.165) is 11.8 Å². The van der Waals surface area contributed by atoms with Gasteiger partial charge in [-0.3, -0.25) is 0 Å². The third kappa shape index (κ3) is 13.1. The normalized spacial score (nSPS) is 12.5. The van der Waals surface area contributed by atoms with Gasteiger partial charge >= 0.3 is 6.18 Å². The molecule has 0 N–H and O–H groups in total. The number of alkyl halides is 3. The van der Waals surface area contributed by atoms with Gasteiger partial charge in [0, 0.05) is 0 Å². The van der Waals surface area contributed by atoms with Crippen LogP contribution >= 0.6 is 24.2 Å². The average molecular weight is 223 g/mol. The first kappa shape index (κ1) is 14.9. The molecule has 0 aliphatic heterocycles. The molecule has 0 saturated heterocycles. The zero-order valence-electron chi connectivity index (χ0n) is 7.36. The third-order valence-electron chi connectivity index (χ3n) is 0.801. The Morgan fingerprint density at radius 1 is 1.00 bits per heavy atom. The Morgan fingerprint density at radius 3 is 1.67 bits per heavy atom. The molecule has 0 saturated carbocycles. The highest BCUT2D eigenvalue weighted by atomic mass is 35.5. The molecule has 0 aromatic carbocycles. The number of halogens is 4. The van der Waals surface area contributed by atoms with Crippen LogP contribution in [-0.4, -0.2) is 17.7 Å². The summed E-state index contributed by atoms with van der Waals surface area (Å²) in [6, 6.07) is 0. The molecule has 0 aromatic rings. The van der Waals surface area contributed by atoms with Crippen molar-refractivity contribution in [1.82, 2.24) is 0 Å². The van der Waals surface area contributed by atoms with Crippen LogP contribution in [0.25, 0.3) is 0 Å². The van der Waals surface area contributed by atoms with Crippen molar-refractivity contribution in [3.8, 4) is 0 Å². The van der Waals surface area contributed by atoms with Gasteiger partial charge in [-0.25, -0.2) is 0 Å². The fraction of sp³-hybridized carbons (Fsp3) is 1.00. The fourth-order valence-corrected chi connectivity index (χ4v) is 1.42. The van der Waals surface area contributed by atoms with Crippen molar-refractivity contribution in [2.45, 2.75) is 26.9 Å². The van der Waals surface area contributed by atoms with E-state index in [-0.39, 0.29) is 17.8 Å². The second kappa shape index (κ2) is 5.22. The largest absolute Gasteiger partial charge is 0.397 e. The second-order valence-electron chi connectivity index (χ2n) is 3.67. The van der Waals surface area contributed by atoms with Crippen LogP contribution in [0.2, 0.25) is 0 Å². The van der Waals surface area contributed by atoms with E-state index < -0.39 is 11.9 Å². The van der Waals surface area contributed by atoms with Gasteiger partial charge in [0.15, 0.2) is 0 Å². The van der Waals surface area contributed by atoms with E-state index in [0.29, 0.717) is 5.75 Å². The molecule has 0 radical (unpaired) electrons. The van der Waals surface area contributed by atoms with E-state index in [1.807, 2.05) is 20.8 Å². The SMILES string of the molecule is CC(C)(C)CSCC(F)(F)F.Cl. The van der Waals surface area contributed by atoms with Crippen LogP contribution in [0.3, 0.4) is 0 Å². The summed E-state index contributed by atoms with van der Waals surface area (Å²) < 4.78 is 34.8. The molecule has 0 bridgehead atoms. The van der Waals surface area contributed by atoms with E-state index in [9.17, 15) is 13.2 Å². The van der Waals surface area contributed by atoms with E-state index >= 15 is 0 Å². The van der Waals surface area contributed by atoms with Crippen molar-refractivity contribution in [2.75, 3.05) is 11.5 Å². The Morgan fingerprint density at radius 2 is 1.42 bits per heavy atom. The molecular formula is C7H14ClF3S. The Hall–Kier alpha value is 0.430. The van der Waals surface area contributed by atoms with Gasteiger partial charge < -0.3 is 0 Å². The van der Waals surface area contributed by atoms with Gasteiger partial charge in [-0.15, -0.1) is 12.4 Å². The first-order valence-corrected chi connectivity index (χ1v) is 4.51. The quantitative estimate of drug-likeness (QED) is 0.686. The summed E-state index contributed by atoms with van der Waals surface area (Å²) in [4.78, 5) is 0. The van der Waals surface area contributed by atoms with Crippen LogP contribution in [0.15, 0.2) is 0 Å². The van der Waals surface area contributed by atoms with Gasteiger partial charge in [0.2, 0.25) is 0 Å². The first-order valence-electron chi connectivity index (χ1n) is 3.35. The lowest BCUT2D eigenvalue weighted by atomic mass is 10.0. The third-order valence-corrected chi connectivity index (χ3v) is 2.40. The summed E-state index contributed by atoms with van der Waals surface area (Å²) in [7, 11) is 0. The molecule has 0 nitrogen and oxygen atoms in total. The maximum Gasteiger partial charge on any atom is 0.397 e. The number of rotatable bonds is 2. The smallest absolute Gasteiger partial charge is 0.170 e. The zero-order valence-corrected chi connectivity index (χ0v) is 9.00. The zero-order chi connectivity index (χ0) is 9.12. The molecule has 0 atom stereocenters. The molecule has 0 heterocycles. The van der Waals surface area contributed by atoms with Crippen molar-refractivity contribution < 1.29 is 13.2 Å². The minimum Gasteiger partial charge on any atom is -0.170 e. The first-order chi connectivity index (χ1) is 4.71. The standard InChI is InChI=1S/C7H13F3S.ClH/c1-6(2,3)4-11-5-7(8,9)10;/h4-5H2,1-3H3;1H. The van der Waals surface area contributed by atoms with Gasteiger partial charge in [-0.2, -0.15) is 24.9 Å². The molecule has 0 spiro atoms.